The van der Waals surface area contributed by atoms with Crippen LogP contribution in [0.1, 0.15) is 11.1 Å². The van der Waals surface area contributed by atoms with Crippen LogP contribution < -0.4 is 20.1 Å². The van der Waals surface area contributed by atoms with Gasteiger partial charge in [0.25, 0.3) is 0 Å². The van der Waals surface area contributed by atoms with E-state index >= 15 is 0 Å². The topological polar surface area (TPSA) is 54.9 Å². The number of hydrogen-bond donors (Lipinski definition) is 2. The van der Waals surface area contributed by atoms with E-state index in [0.717, 1.165) is 43.4 Å². The monoisotopic (exact) mass is 341 g/mol. The minimum atomic E-state index is 0.794. The van der Waals surface area contributed by atoms with Crippen molar-refractivity contribution >= 4 is 5.96 Å². The van der Waals surface area contributed by atoms with Crippen molar-refractivity contribution in [2.24, 2.45) is 4.99 Å². The molecule has 5 nitrogen and oxygen atoms in total. The average Bonchev–Trinajstić information content (AvgIpc) is 2.67. The third kappa shape index (κ3) is 6.03. The molecule has 0 atom stereocenters. The summed E-state index contributed by atoms with van der Waals surface area (Å²) in [5, 5.41) is 6.67. The van der Waals surface area contributed by atoms with Gasteiger partial charge in [-0.3, -0.25) is 4.99 Å². The molecule has 0 radical (unpaired) electrons. The number of para-hydroxylation sites is 1. The average molecular weight is 341 g/mol. The van der Waals surface area contributed by atoms with Crippen LogP contribution >= 0.6 is 0 Å². The summed E-state index contributed by atoms with van der Waals surface area (Å²) >= 11 is 0. The van der Waals surface area contributed by atoms with Gasteiger partial charge in [0.2, 0.25) is 0 Å². The van der Waals surface area contributed by atoms with Crippen molar-refractivity contribution in [3.05, 3.63) is 59.7 Å². The van der Waals surface area contributed by atoms with Gasteiger partial charge in [0.1, 0.15) is 11.5 Å². The molecule has 0 amide bonds. The van der Waals surface area contributed by atoms with Crippen molar-refractivity contribution in [2.75, 3.05) is 34.4 Å². The third-order valence-corrected chi connectivity index (χ3v) is 3.97. The molecule has 0 bridgehead atoms. The van der Waals surface area contributed by atoms with Crippen molar-refractivity contribution in [1.29, 1.82) is 0 Å². The highest BCUT2D eigenvalue weighted by atomic mass is 16.5. The van der Waals surface area contributed by atoms with E-state index in [1.165, 1.54) is 11.1 Å². The van der Waals surface area contributed by atoms with Gasteiger partial charge in [-0.25, -0.2) is 0 Å². The Morgan fingerprint density at radius 2 is 1.56 bits per heavy atom. The zero-order valence-corrected chi connectivity index (χ0v) is 15.2. The molecule has 2 aromatic carbocycles. The predicted molar refractivity (Wildman–Crippen MR) is 103 cm³/mol. The fourth-order valence-corrected chi connectivity index (χ4v) is 2.56. The van der Waals surface area contributed by atoms with Gasteiger partial charge in [0.15, 0.2) is 5.96 Å². The lowest BCUT2D eigenvalue weighted by Gasteiger charge is -2.13. The first kappa shape index (κ1) is 18.6. The van der Waals surface area contributed by atoms with Gasteiger partial charge in [0, 0.05) is 20.1 Å². The normalized spacial score (nSPS) is 11.1. The SMILES string of the molecule is CN=C(NCCc1ccc(OC)cc1)NCCc1ccccc1OC. The first-order valence-electron chi connectivity index (χ1n) is 8.46. The first-order valence-corrected chi connectivity index (χ1v) is 8.46. The standard InChI is InChI=1S/C20H27N3O2/c1-21-20(22-14-12-16-8-10-18(24-2)11-9-16)23-15-13-17-6-4-5-7-19(17)25-3/h4-11H,12-15H2,1-3H3,(H2,21,22,23). The highest BCUT2D eigenvalue weighted by Crippen LogP contribution is 2.17. The van der Waals surface area contributed by atoms with Gasteiger partial charge in [-0.15, -0.1) is 0 Å². The Morgan fingerprint density at radius 1 is 0.880 bits per heavy atom. The molecule has 5 heteroatoms. The molecule has 2 N–H and O–H groups in total. The van der Waals surface area contributed by atoms with Gasteiger partial charge in [-0.2, -0.15) is 0 Å². The second-order valence-electron chi connectivity index (χ2n) is 5.59. The first-order chi connectivity index (χ1) is 12.3. The van der Waals surface area contributed by atoms with E-state index in [0.29, 0.717) is 0 Å². The van der Waals surface area contributed by atoms with Crippen molar-refractivity contribution in [1.82, 2.24) is 10.6 Å². The number of nitrogens with one attached hydrogen (secondary N) is 2. The third-order valence-electron chi connectivity index (χ3n) is 3.97. The minimum absolute atomic E-state index is 0.794. The summed E-state index contributed by atoms with van der Waals surface area (Å²) in [5.41, 5.74) is 2.45. The molecule has 0 aliphatic carbocycles. The van der Waals surface area contributed by atoms with Crippen LogP contribution in [0.15, 0.2) is 53.5 Å². The molecule has 0 saturated heterocycles. The van der Waals surface area contributed by atoms with Gasteiger partial charge in [-0.1, -0.05) is 30.3 Å². The Balaban J connectivity index is 1.73. The molecule has 0 unspecified atom stereocenters. The van der Waals surface area contributed by atoms with Crippen LogP contribution in [0.3, 0.4) is 0 Å². The number of rotatable bonds is 8. The van der Waals surface area contributed by atoms with Gasteiger partial charge in [-0.05, 0) is 42.2 Å². The van der Waals surface area contributed by atoms with E-state index in [-0.39, 0.29) is 0 Å². The maximum Gasteiger partial charge on any atom is 0.190 e. The number of guanidine groups is 1. The van der Waals surface area contributed by atoms with E-state index in [4.69, 9.17) is 9.47 Å². The van der Waals surface area contributed by atoms with Crippen LogP contribution in [0, 0.1) is 0 Å². The molecule has 0 aromatic heterocycles. The summed E-state index contributed by atoms with van der Waals surface area (Å²) in [5.74, 6) is 2.61. The molecule has 25 heavy (non-hydrogen) atoms. The Morgan fingerprint density at radius 3 is 2.20 bits per heavy atom. The van der Waals surface area contributed by atoms with E-state index in [2.05, 4.69) is 33.8 Å². The molecule has 2 aromatic rings. The molecule has 0 heterocycles. The highest BCUT2D eigenvalue weighted by molar-refractivity contribution is 5.79. The van der Waals surface area contributed by atoms with Crippen LogP contribution in [-0.2, 0) is 12.8 Å². The Hall–Kier alpha value is -2.69. The van der Waals surface area contributed by atoms with E-state index < -0.39 is 0 Å². The van der Waals surface area contributed by atoms with Crippen molar-refractivity contribution in [3.63, 3.8) is 0 Å². The fraction of sp³-hybridized carbons (Fsp3) is 0.350. The summed E-state index contributed by atoms with van der Waals surface area (Å²) in [7, 11) is 5.16. The van der Waals surface area contributed by atoms with Gasteiger partial charge in [0.05, 0.1) is 14.2 Å². The molecule has 2 rings (SSSR count). The number of nitrogens with zero attached hydrogens (tertiary/aromatic N) is 1. The largest absolute Gasteiger partial charge is 0.497 e. The van der Waals surface area contributed by atoms with Crippen LogP contribution in [0.5, 0.6) is 11.5 Å². The summed E-state index contributed by atoms with van der Waals surface area (Å²) in [6.07, 6.45) is 1.81. The Kier molecular flexibility index (Phi) is 7.63. The van der Waals surface area contributed by atoms with Crippen molar-refractivity contribution in [3.8, 4) is 11.5 Å². The maximum atomic E-state index is 5.38. The van der Waals surface area contributed by atoms with Crippen LogP contribution in [0.2, 0.25) is 0 Å². The second kappa shape index (κ2) is 10.2. The quantitative estimate of drug-likeness (QED) is 0.572. The molecule has 134 valence electrons. The molecule has 0 saturated carbocycles. The van der Waals surface area contributed by atoms with Crippen molar-refractivity contribution in [2.45, 2.75) is 12.8 Å². The molecular formula is C20H27N3O2. The summed E-state index contributed by atoms with van der Waals surface area (Å²) in [4.78, 5) is 4.26. The number of benzene rings is 2. The molecule has 0 fully saturated rings. The Bertz CT molecular complexity index is 669. The summed E-state index contributed by atoms with van der Waals surface area (Å²) in [6, 6.07) is 16.2. The maximum absolute atomic E-state index is 5.38. The van der Waals surface area contributed by atoms with Crippen LogP contribution in [0.4, 0.5) is 0 Å². The number of methoxy groups -OCH3 is 2. The summed E-state index contributed by atoms with van der Waals surface area (Å²) < 4.78 is 10.5. The number of aliphatic imine (C=N–C) groups is 1. The van der Waals surface area contributed by atoms with Gasteiger partial charge < -0.3 is 20.1 Å². The van der Waals surface area contributed by atoms with E-state index in [1.54, 1.807) is 21.3 Å². The zero-order chi connectivity index (χ0) is 17.9. The van der Waals surface area contributed by atoms with Crippen LogP contribution in [-0.4, -0.2) is 40.3 Å². The molecule has 0 aliphatic heterocycles. The van der Waals surface area contributed by atoms with E-state index in [1.807, 2.05) is 30.3 Å². The second-order valence-corrected chi connectivity index (χ2v) is 5.59. The lowest BCUT2D eigenvalue weighted by Crippen LogP contribution is -2.39. The predicted octanol–water partition coefficient (Wildman–Crippen LogP) is 2.65. The number of ether oxygens (including phenoxy) is 2. The fourth-order valence-electron chi connectivity index (χ4n) is 2.56. The van der Waals surface area contributed by atoms with Gasteiger partial charge >= 0.3 is 0 Å². The molecule has 0 spiro atoms. The van der Waals surface area contributed by atoms with Crippen molar-refractivity contribution < 1.29 is 9.47 Å². The molecule has 0 aliphatic rings. The zero-order valence-electron chi connectivity index (χ0n) is 15.2. The minimum Gasteiger partial charge on any atom is -0.497 e. The number of hydrogen-bond acceptors (Lipinski definition) is 3. The lowest BCUT2D eigenvalue weighted by molar-refractivity contribution is 0.409. The smallest absolute Gasteiger partial charge is 0.190 e. The highest BCUT2D eigenvalue weighted by Gasteiger charge is 2.03. The van der Waals surface area contributed by atoms with Crippen LogP contribution in [0.25, 0.3) is 0 Å². The Labute approximate surface area is 150 Å². The summed E-state index contributed by atoms with van der Waals surface area (Å²) in [6.45, 7) is 1.61. The lowest BCUT2D eigenvalue weighted by atomic mass is 10.1. The molecular weight excluding hydrogens is 314 g/mol. The van der Waals surface area contributed by atoms with E-state index in [9.17, 15) is 0 Å².